The molecule has 1 fully saturated rings. The molecule has 1 aliphatic carbocycles. The zero-order valence-corrected chi connectivity index (χ0v) is 11.5. The first-order chi connectivity index (χ1) is 9.38. The van der Waals surface area contributed by atoms with Crippen LogP contribution >= 0.6 is 0 Å². The quantitative estimate of drug-likeness (QED) is 0.614. The van der Waals surface area contributed by atoms with Crippen LogP contribution in [0.4, 0.5) is 0 Å². The molecule has 0 bridgehead atoms. The number of hydrogen-bond acceptors (Lipinski definition) is 0. The van der Waals surface area contributed by atoms with Crippen LogP contribution < -0.4 is 0 Å². The molecule has 0 aromatic heterocycles. The highest BCUT2D eigenvalue weighted by molar-refractivity contribution is 5.86. The fraction of sp³-hybridized carbons (Fsp3) is 0.368. The van der Waals surface area contributed by atoms with Crippen molar-refractivity contribution in [2.75, 3.05) is 0 Å². The van der Waals surface area contributed by atoms with E-state index in [9.17, 15) is 0 Å². The monoisotopic (exact) mass is 250 g/mol. The molecule has 3 rings (SSSR count). The summed E-state index contributed by atoms with van der Waals surface area (Å²) in [5.74, 6) is 1.64. The van der Waals surface area contributed by atoms with E-state index in [1.807, 2.05) is 0 Å². The number of rotatable bonds is 3. The lowest BCUT2D eigenvalue weighted by Gasteiger charge is -2.29. The molecule has 1 aliphatic rings. The van der Waals surface area contributed by atoms with Gasteiger partial charge >= 0.3 is 0 Å². The van der Waals surface area contributed by atoms with E-state index >= 15 is 0 Å². The van der Waals surface area contributed by atoms with Crippen LogP contribution in [0.25, 0.3) is 10.8 Å². The third-order valence-electron chi connectivity index (χ3n) is 4.61. The van der Waals surface area contributed by atoms with Gasteiger partial charge in [0.2, 0.25) is 0 Å². The number of fused-ring (bicyclic) bond motifs is 1. The van der Waals surface area contributed by atoms with Crippen molar-refractivity contribution in [2.45, 2.75) is 38.0 Å². The maximum absolute atomic E-state index is 3.87. The van der Waals surface area contributed by atoms with Gasteiger partial charge in [-0.15, -0.1) is 6.58 Å². The van der Waals surface area contributed by atoms with Crippen molar-refractivity contribution in [3.63, 3.8) is 0 Å². The summed E-state index contributed by atoms with van der Waals surface area (Å²) in [5, 5.41) is 2.84. The second kappa shape index (κ2) is 5.61. The standard InChI is InChI=1S/C19H22/c1-2-6-15-11-13-17(14-12-15)19-10-5-8-16-7-3-4-9-18(16)19/h2-5,7-10,15,17H,1,6,11-14H2. The van der Waals surface area contributed by atoms with Gasteiger partial charge in [-0.1, -0.05) is 48.5 Å². The summed E-state index contributed by atoms with van der Waals surface area (Å²) >= 11 is 0. The Balaban J connectivity index is 1.84. The van der Waals surface area contributed by atoms with Crippen molar-refractivity contribution in [3.8, 4) is 0 Å². The van der Waals surface area contributed by atoms with Crippen LogP contribution in [0, 0.1) is 5.92 Å². The van der Waals surface area contributed by atoms with E-state index < -0.39 is 0 Å². The van der Waals surface area contributed by atoms with Crippen LogP contribution in [0.3, 0.4) is 0 Å². The Morgan fingerprint density at radius 1 is 0.947 bits per heavy atom. The predicted octanol–water partition coefficient (Wildman–Crippen LogP) is 5.69. The summed E-state index contributed by atoms with van der Waals surface area (Å²) in [7, 11) is 0. The molecule has 0 atom stereocenters. The van der Waals surface area contributed by atoms with E-state index in [-0.39, 0.29) is 0 Å². The summed E-state index contributed by atoms with van der Waals surface area (Å²) in [6, 6.07) is 15.6. The summed E-state index contributed by atoms with van der Waals surface area (Å²) < 4.78 is 0. The van der Waals surface area contributed by atoms with Crippen LogP contribution in [-0.4, -0.2) is 0 Å². The molecule has 0 heteroatoms. The summed E-state index contributed by atoms with van der Waals surface area (Å²) in [4.78, 5) is 0. The highest BCUT2D eigenvalue weighted by Gasteiger charge is 2.22. The minimum absolute atomic E-state index is 0.757. The van der Waals surface area contributed by atoms with Gasteiger partial charge in [0.1, 0.15) is 0 Å². The lowest BCUT2D eigenvalue weighted by Crippen LogP contribution is -2.13. The van der Waals surface area contributed by atoms with E-state index in [1.165, 1.54) is 42.9 Å². The lowest BCUT2D eigenvalue weighted by molar-refractivity contribution is 0.329. The molecule has 0 N–H and O–H groups in total. The van der Waals surface area contributed by atoms with E-state index in [1.54, 1.807) is 5.56 Å². The van der Waals surface area contributed by atoms with Crippen molar-refractivity contribution in [1.82, 2.24) is 0 Å². The van der Waals surface area contributed by atoms with Crippen LogP contribution in [0.15, 0.2) is 55.1 Å². The Bertz CT molecular complexity index is 554. The van der Waals surface area contributed by atoms with Gasteiger partial charge in [-0.25, -0.2) is 0 Å². The first-order valence-electron chi connectivity index (χ1n) is 7.47. The second-order valence-electron chi connectivity index (χ2n) is 5.81. The second-order valence-corrected chi connectivity index (χ2v) is 5.81. The SMILES string of the molecule is C=CCC1CCC(c2cccc3ccccc23)CC1. The third kappa shape index (κ3) is 2.58. The molecule has 0 spiro atoms. The van der Waals surface area contributed by atoms with Gasteiger partial charge in [-0.3, -0.25) is 0 Å². The van der Waals surface area contributed by atoms with Crippen molar-refractivity contribution in [1.29, 1.82) is 0 Å². The molecule has 0 heterocycles. The summed E-state index contributed by atoms with van der Waals surface area (Å²) in [6.07, 6.45) is 8.68. The van der Waals surface area contributed by atoms with Crippen molar-refractivity contribution >= 4 is 10.8 Å². The minimum atomic E-state index is 0.757. The van der Waals surface area contributed by atoms with Gasteiger partial charge in [0, 0.05) is 0 Å². The number of allylic oxidation sites excluding steroid dienone is 1. The van der Waals surface area contributed by atoms with Crippen LogP contribution in [0.1, 0.15) is 43.6 Å². The van der Waals surface area contributed by atoms with Crippen molar-refractivity contribution in [2.24, 2.45) is 5.92 Å². The molecule has 0 amide bonds. The third-order valence-corrected chi connectivity index (χ3v) is 4.61. The summed E-state index contributed by atoms with van der Waals surface area (Å²) in [5.41, 5.74) is 1.56. The smallest absolute Gasteiger partial charge is 0.0149 e. The average molecular weight is 250 g/mol. The Kier molecular flexibility index (Phi) is 3.68. The zero-order chi connectivity index (χ0) is 13.1. The van der Waals surface area contributed by atoms with Crippen LogP contribution in [-0.2, 0) is 0 Å². The van der Waals surface area contributed by atoms with E-state index in [2.05, 4.69) is 55.1 Å². The van der Waals surface area contributed by atoms with Crippen LogP contribution in [0.5, 0.6) is 0 Å². The van der Waals surface area contributed by atoms with Crippen molar-refractivity contribution in [3.05, 3.63) is 60.7 Å². The highest BCUT2D eigenvalue weighted by Crippen LogP contribution is 2.39. The topological polar surface area (TPSA) is 0 Å². The largest absolute Gasteiger partial charge is 0.103 e. The fourth-order valence-electron chi connectivity index (χ4n) is 3.55. The van der Waals surface area contributed by atoms with Gasteiger partial charge in [-0.2, -0.15) is 0 Å². The predicted molar refractivity (Wildman–Crippen MR) is 83.5 cm³/mol. The molecular formula is C19H22. The molecule has 98 valence electrons. The first-order valence-corrected chi connectivity index (χ1v) is 7.47. The van der Waals surface area contributed by atoms with Gasteiger partial charge in [0.05, 0.1) is 0 Å². The molecule has 1 saturated carbocycles. The molecule has 0 aliphatic heterocycles. The normalized spacial score (nSPS) is 23.4. The summed E-state index contributed by atoms with van der Waals surface area (Å²) in [6.45, 7) is 3.87. The molecule has 0 unspecified atom stereocenters. The Morgan fingerprint density at radius 2 is 1.68 bits per heavy atom. The van der Waals surface area contributed by atoms with E-state index in [0.717, 1.165) is 11.8 Å². The van der Waals surface area contributed by atoms with E-state index in [4.69, 9.17) is 0 Å². The first kappa shape index (κ1) is 12.5. The molecular weight excluding hydrogens is 228 g/mol. The van der Waals surface area contributed by atoms with Gasteiger partial charge < -0.3 is 0 Å². The maximum atomic E-state index is 3.87. The highest BCUT2D eigenvalue weighted by atomic mass is 14.3. The zero-order valence-electron chi connectivity index (χ0n) is 11.5. The average Bonchev–Trinajstić information content (AvgIpc) is 2.48. The Morgan fingerprint density at radius 3 is 2.47 bits per heavy atom. The number of benzene rings is 2. The molecule has 19 heavy (non-hydrogen) atoms. The molecule has 2 aromatic carbocycles. The van der Waals surface area contributed by atoms with Gasteiger partial charge in [-0.05, 0) is 60.3 Å². The minimum Gasteiger partial charge on any atom is -0.103 e. The Hall–Kier alpha value is -1.56. The number of hydrogen-bond donors (Lipinski definition) is 0. The van der Waals surface area contributed by atoms with E-state index in [0.29, 0.717) is 0 Å². The van der Waals surface area contributed by atoms with Crippen LogP contribution in [0.2, 0.25) is 0 Å². The van der Waals surface area contributed by atoms with Crippen molar-refractivity contribution < 1.29 is 0 Å². The van der Waals surface area contributed by atoms with Gasteiger partial charge in [0.15, 0.2) is 0 Å². The maximum Gasteiger partial charge on any atom is -0.0149 e. The molecule has 2 aromatic rings. The molecule has 0 radical (unpaired) electrons. The van der Waals surface area contributed by atoms with Gasteiger partial charge in [0.25, 0.3) is 0 Å². The fourth-order valence-corrected chi connectivity index (χ4v) is 3.55. The molecule has 0 nitrogen and oxygen atoms in total. The Labute approximate surface area is 116 Å². The lowest BCUT2D eigenvalue weighted by atomic mass is 9.76. The molecule has 0 saturated heterocycles.